The van der Waals surface area contributed by atoms with Crippen molar-refractivity contribution in [1.82, 2.24) is 19.4 Å². The van der Waals surface area contributed by atoms with Gasteiger partial charge in [-0.3, -0.25) is 14.3 Å². The van der Waals surface area contributed by atoms with Crippen molar-refractivity contribution in [2.75, 3.05) is 13.1 Å². The van der Waals surface area contributed by atoms with Crippen LogP contribution in [0, 0.1) is 0 Å². The quantitative estimate of drug-likeness (QED) is 0.628. The van der Waals surface area contributed by atoms with E-state index in [-0.39, 0.29) is 11.6 Å². The average Bonchev–Trinajstić information content (AvgIpc) is 3.02. The van der Waals surface area contributed by atoms with Gasteiger partial charge in [0.1, 0.15) is 0 Å². The molecule has 0 amide bonds. The first-order valence-electron chi connectivity index (χ1n) is 8.53. The topological polar surface area (TPSA) is 53.9 Å². The van der Waals surface area contributed by atoms with E-state index in [1.807, 2.05) is 30.3 Å². The highest BCUT2D eigenvalue weighted by Crippen LogP contribution is 2.25. The van der Waals surface area contributed by atoms with Gasteiger partial charge in [-0.2, -0.15) is 0 Å². The summed E-state index contributed by atoms with van der Waals surface area (Å²) >= 11 is 0. The molecule has 1 aliphatic heterocycles. The van der Waals surface area contributed by atoms with Gasteiger partial charge in [-0.1, -0.05) is 30.3 Å². The zero-order chi connectivity index (χ0) is 16.8. The highest BCUT2D eigenvalue weighted by atomic mass is 16.1. The molecule has 0 bridgehead atoms. The fourth-order valence-corrected chi connectivity index (χ4v) is 3.69. The summed E-state index contributed by atoms with van der Waals surface area (Å²) < 4.78 is 1.79. The number of para-hydroxylation sites is 2. The molecule has 1 N–H and O–H groups in total. The van der Waals surface area contributed by atoms with E-state index in [1.54, 1.807) is 10.9 Å². The minimum atomic E-state index is 0.0577. The molecule has 1 aliphatic rings. The number of H-pyrrole nitrogens is 1. The van der Waals surface area contributed by atoms with Crippen LogP contribution in [0.1, 0.15) is 11.6 Å². The summed E-state index contributed by atoms with van der Waals surface area (Å²) in [5, 5.41) is 1.97. The summed E-state index contributed by atoms with van der Waals surface area (Å²) in [7, 11) is 0. The predicted molar refractivity (Wildman–Crippen MR) is 98.6 cm³/mol. The number of aromatic nitrogens is 3. The van der Waals surface area contributed by atoms with Crippen LogP contribution in [0.5, 0.6) is 0 Å². The number of nitrogens with zero attached hydrogens (tertiary/aromatic N) is 3. The second kappa shape index (κ2) is 5.57. The fraction of sp³-hybridized carbons (Fsp3) is 0.200. The molecule has 5 nitrogen and oxygen atoms in total. The predicted octanol–water partition coefficient (Wildman–Crippen LogP) is 2.93. The number of hydrogen-bond donors (Lipinski definition) is 1. The first-order valence-corrected chi connectivity index (χ1v) is 8.53. The molecule has 0 aliphatic carbocycles. The van der Waals surface area contributed by atoms with E-state index in [9.17, 15) is 4.79 Å². The van der Waals surface area contributed by atoms with Crippen molar-refractivity contribution in [1.29, 1.82) is 0 Å². The minimum Gasteiger partial charge on any atom is -0.361 e. The molecular formula is C20H18N4O. The Morgan fingerprint density at radius 2 is 1.80 bits per heavy atom. The molecule has 2 aromatic carbocycles. The van der Waals surface area contributed by atoms with Gasteiger partial charge in [0.2, 0.25) is 0 Å². The molecule has 124 valence electrons. The number of aromatic amines is 1. The lowest BCUT2D eigenvalue weighted by molar-refractivity contribution is 0.0968. The van der Waals surface area contributed by atoms with Crippen LogP contribution in [-0.4, -0.2) is 32.5 Å². The van der Waals surface area contributed by atoms with Crippen molar-refractivity contribution in [3.63, 3.8) is 0 Å². The van der Waals surface area contributed by atoms with Gasteiger partial charge < -0.3 is 4.98 Å². The Labute approximate surface area is 144 Å². The maximum Gasteiger partial charge on any atom is 0.261 e. The summed E-state index contributed by atoms with van der Waals surface area (Å²) in [5.41, 5.74) is 3.30. The minimum absolute atomic E-state index is 0.0577. The third kappa shape index (κ3) is 2.36. The molecule has 0 spiro atoms. The summed E-state index contributed by atoms with van der Waals surface area (Å²) in [6, 6.07) is 16.1. The van der Waals surface area contributed by atoms with E-state index in [0.717, 1.165) is 25.2 Å². The molecule has 1 fully saturated rings. The van der Waals surface area contributed by atoms with E-state index >= 15 is 0 Å². The van der Waals surface area contributed by atoms with Gasteiger partial charge in [0.15, 0.2) is 0 Å². The molecule has 4 aromatic rings. The molecule has 0 saturated carbocycles. The largest absolute Gasteiger partial charge is 0.361 e. The first-order chi connectivity index (χ1) is 12.3. The summed E-state index contributed by atoms with van der Waals surface area (Å²) in [6.07, 6.45) is 3.78. The highest BCUT2D eigenvalue weighted by molar-refractivity contribution is 5.83. The number of fused-ring (bicyclic) bond motifs is 2. The number of rotatable bonds is 3. The lowest BCUT2D eigenvalue weighted by Crippen LogP contribution is -2.49. The summed E-state index contributed by atoms with van der Waals surface area (Å²) in [4.78, 5) is 22.8. The van der Waals surface area contributed by atoms with Crippen LogP contribution in [0.25, 0.3) is 21.8 Å². The van der Waals surface area contributed by atoms with E-state index in [2.05, 4.69) is 39.3 Å². The third-order valence-corrected chi connectivity index (χ3v) is 5.09. The molecule has 5 rings (SSSR count). The van der Waals surface area contributed by atoms with Crippen molar-refractivity contribution in [2.45, 2.75) is 12.6 Å². The SMILES string of the molecule is O=c1c2ccccc2ncn1C1CN(Cc2c[nH]c3ccccc23)C1. The van der Waals surface area contributed by atoms with E-state index < -0.39 is 0 Å². The van der Waals surface area contributed by atoms with E-state index in [4.69, 9.17) is 0 Å². The Balaban J connectivity index is 1.35. The van der Waals surface area contributed by atoms with E-state index in [1.165, 1.54) is 16.5 Å². The highest BCUT2D eigenvalue weighted by Gasteiger charge is 2.29. The molecule has 3 heterocycles. The number of nitrogens with one attached hydrogen (secondary N) is 1. The molecule has 25 heavy (non-hydrogen) atoms. The molecule has 0 radical (unpaired) electrons. The number of likely N-dealkylation sites (tertiary alicyclic amines) is 1. The fourth-order valence-electron chi connectivity index (χ4n) is 3.69. The van der Waals surface area contributed by atoms with Gasteiger partial charge in [0.25, 0.3) is 5.56 Å². The van der Waals surface area contributed by atoms with Gasteiger partial charge in [0.05, 0.1) is 23.3 Å². The molecule has 2 aromatic heterocycles. The van der Waals surface area contributed by atoms with E-state index in [0.29, 0.717) is 5.39 Å². The Kier molecular flexibility index (Phi) is 3.21. The Morgan fingerprint density at radius 1 is 1.04 bits per heavy atom. The molecule has 5 heteroatoms. The Bertz CT molecular complexity index is 1120. The second-order valence-electron chi connectivity index (χ2n) is 6.68. The normalized spacial score (nSPS) is 15.7. The van der Waals surface area contributed by atoms with Gasteiger partial charge in [0, 0.05) is 36.7 Å². The first kappa shape index (κ1) is 14.4. The summed E-state index contributed by atoms with van der Waals surface area (Å²) in [5.74, 6) is 0. The van der Waals surface area contributed by atoms with Crippen LogP contribution < -0.4 is 5.56 Å². The van der Waals surface area contributed by atoms with Crippen LogP contribution in [0.4, 0.5) is 0 Å². The van der Waals surface area contributed by atoms with Crippen molar-refractivity contribution in [2.24, 2.45) is 0 Å². The van der Waals surface area contributed by atoms with Crippen molar-refractivity contribution in [3.8, 4) is 0 Å². The van der Waals surface area contributed by atoms with Crippen molar-refractivity contribution in [3.05, 3.63) is 77.0 Å². The molecule has 1 saturated heterocycles. The standard InChI is InChI=1S/C20H18N4O/c25-20-17-6-2-4-8-19(17)22-13-24(20)15-11-23(12-15)10-14-9-21-18-7-3-1-5-16(14)18/h1-9,13,15,21H,10-12H2. The summed E-state index contributed by atoms with van der Waals surface area (Å²) in [6.45, 7) is 2.65. The Hall–Kier alpha value is -2.92. The molecular weight excluding hydrogens is 312 g/mol. The second-order valence-corrected chi connectivity index (χ2v) is 6.68. The van der Waals surface area contributed by atoms with Gasteiger partial charge >= 0.3 is 0 Å². The van der Waals surface area contributed by atoms with Gasteiger partial charge in [-0.25, -0.2) is 4.98 Å². The Morgan fingerprint density at radius 3 is 2.68 bits per heavy atom. The maximum atomic E-state index is 12.7. The van der Waals surface area contributed by atoms with Crippen LogP contribution in [0.15, 0.2) is 65.8 Å². The van der Waals surface area contributed by atoms with Gasteiger partial charge in [-0.05, 0) is 23.8 Å². The number of hydrogen-bond acceptors (Lipinski definition) is 3. The van der Waals surface area contributed by atoms with Crippen LogP contribution >= 0.6 is 0 Å². The third-order valence-electron chi connectivity index (χ3n) is 5.09. The molecule has 0 unspecified atom stereocenters. The van der Waals surface area contributed by atoms with Crippen LogP contribution in [-0.2, 0) is 6.54 Å². The monoisotopic (exact) mass is 330 g/mol. The van der Waals surface area contributed by atoms with Crippen LogP contribution in [0.3, 0.4) is 0 Å². The molecule has 0 atom stereocenters. The zero-order valence-electron chi connectivity index (χ0n) is 13.7. The smallest absolute Gasteiger partial charge is 0.261 e. The van der Waals surface area contributed by atoms with Crippen molar-refractivity contribution < 1.29 is 0 Å². The van der Waals surface area contributed by atoms with Crippen molar-refractivity contribution >= 4 is 21.8 Å². The average molecular weight is 330 g/mol. The lowest BCUT2D eigenvalue weighted by atomic mass is 10.1. The van der Waals surface area contributed by atoms with Crippen LogP contribution in [0.2, 0.25) is 0 Å². The number of benzene rings is 2. The van der Waals surface area contributed by atoms with Gasteiger partial charge in [-0.15, -0.1) is 0 Å². The zero-order valence-corrected chi connectivity index (χ0v) is 13.7. The lowest BCUT2D eigenvalue weighted by Gasteiger charge is -2.39. The maximum absolute atomic E-state index is 12.7.